The summed E-state index contributed by atoms with van der Waals surface area (Å²) in [6.45, 7) is 0. The molecule has 0 fully saturated rings. The standard InChI is InChI=1S/C13H13ClINO/c14-11-8-10(15)5-6-12(11)16-13(17)7-9-3-1-2-4-9/h1,3,5-6,8-9H,2,4,7H2,(H,16,17). The van der Waals surface area contributed by atoms with E-state index in [1.54, 1.807) is 0 Å². The second-order valence-electron chi connectivity index (χ2n) is 4.14. The third-order valence-corrected chi connectivity index (χ3v) is 3.75. The summed E-state index contributed by atoms with van der Waals surface area (Å²) in [5.41, 5.74) is 0.694. The van der Waals surface area contributed by atoms with Gasteiger partial charge in [0.15, 0.2) is 0 Å². The molecule has 0 aromatic heterocycles. The highest BCUT2D eigenvalue weighted by Crippen LogP contribution is 2.25. The summed E-state index contributed by atoms with van der Waals surface area (Å²) in [4.78, 5) is 11.8. The van der Waals surface area contributed by atoms with E-state index in [1.807, 2.05) is 18.2 Å². The van der Waals surface area contributed by atoms with Crippen LogP contribution in [0.15, 0.2) is 30.4 Å². The summed E-state index contributed by atoms with van der Waals surface area (Å²) >= 11 is 8.25. The van der Waals surface area contributed by atoms with Crippen molar-refractivity contribution < 1.29 is 4.79 Å². The Kier molecular flexibility index (Phi) is 4.45. The van der Waals surface area contributed by atoms with Crippen LogP contribution in [0.1, 0.15) is 19.3 Å². The number of hydrogen-bond acceptors (Lipinski definition) is 1. The minimum absolute atomic E-state index is 0.0321. The maximum absolute atomic E-state index is 11.8. The summed E-state index contributed by atoms with van der Waals surface area (Å²) in [5, 5.41) is 3.45. The van der Waals surface area contributed by atoms with E-state index in [1.165, 1.54) is 0 Å². The fourth-order valence-electron chi connectivity index (χ4n) is 1.90. The van der Waals surface area contributed by atoms with Crippen LogP contribution in [0, 0.1) is 9.49 Å². The van der Waals surface area contributed by atoms with E-state index < -0.39 is 0 Å². The van der Waals surface area contributed by atoms with Crippen LogP contribution in [0.25, 0.3) is 0 Å². The van der Waals surface area contributed by atoms with E-state index in [9.17, 15) is 4.79 Å². The van der Waals surface area contributed by atoms with Gasteiger partial charge in [0, 0.05) is 9.99 Å². The number of benzene rings is 1. The molecule has 1 unspecified atom stereocenters. The van der Waals surface area contributed by atoms with Crippen LogP contribution >= 0.6 is 34.2 Å². The van der Waals surface area contributed by atoms with E-state index in [2.05, 4.69) is 40.1 Å². The van der Waals surface area contributed by atoms with Crippen molar-refractivity contribution in [2.75, 3.05) is 5.32 Å². The second kappa shape index (κ2) is 5.87. The van der Waals surface area contributed by atoms with Crippen LogP contribution < -0.4 is 5.32 Å². The molecule has 2 rings (SSSR count). The van der Waals surface area contributed by atoms with E-state index in [4.69, 9.17) is 11.6 Å². The number of allylic oxidation sites excluding steroid dienone is 2. The number of carbonyl (C=O) groups is 1. The Morgan fingerprint density at radius 2 is 2.35 bits per heavy atom. The molecular weight excluding hydrogens is 349 g/mol. The van der Waals surface area contributed by atoms with E-state index in [0.717, 1.165) is 16.4 Å². The van der Waals surface area contributed by atoms with Gasteiger partial charge < -0.3 is 5.32 Å². The predicted molar refractivity (Wildman–Crippen MR) is 79.3 cm³/mol. The molecule has 1 N–H and O–H groups in total. The largest absolute Gasteiger partial charge is 0.325 e. The van der Waals surface area contributed by atoms with Crippen molar-refractivity contribution in [1.29, 1.82) is 0 Å². The number of anilines is 1. The maximum Gasteiger partial charge on any atom is 0.225 e. The smallest absolute Gasteiger partial charge is 0.225 e. The van der Waals surface area contributed by atoms with E-state index in [-0.39, 0.29) is 5.91 Å². The number of hydrogen-bond donors (Lipinski definition) is 1. The van der Waals surface area contributed by atoms with Gasteiger partial charge in [-0.15, -0.1) is 0 Å². The lowest BCUT2D eigenvalue weighted by molar-refractivity contribution is -0.116. The summed E-state index contributed by atoms with van der Waals surface area (Å²) < 4.78 is 1.06. The molecule has 0 bridgehead atoms. The molecule has 0 spiro atoms. The summed E-state index contributed by atoms with van der Waals surface area (Å²) in [6.07, 6.45) is 6.96. The zero-order chi connectivity index (χ0) is 12.3. The monoisotopic (exact) mass is 361 g/mol. The predicted octanol–water partition coefficient (Wildman–Crippen LogP) is 4.24. The van der Waals surface area contributed by atoms with Crippen molar-refractivity contribution in [2.45, 2.75) is 19.3 Å². The first-order valence-electron chi connectivity index (χ1n) is 5.57. The molecule has 0 saturated carbocycles. The molecule has 1 aromatic rings. The van der Waals surface area contributed by atoms with Crippen molar-refractivity contribution in [1.82, 2.24) is 0 Å². The Balaban J connectivity index is 1.95. The van der Waals surface area contributed by atoms with Crippen LogP contribution in [0.4, 0.5) is 5.69 Å². The number of carbonyl (C=O) groups excluding carboxylic acids is 1. The molecule has 1 amide bonds. The van der Waals surface area contributed by atoms with E-state index in [0.29, 0.717) is 23.0 Å². The molecule has 17 heavy (non-hydrogen) atoms. The number of amides is 1. The van der Waals surface area contributed by atoms with Gasteiger partial charge in [0.25, 0.3) is 0 Å². The zero-order valence-electron chi connectivity index (χ0n) is 9.25. The lowest BCUT2D eigenvalue weighted by Gasteiger charge is -2.10. The molecule has 1 aliphatic carbocycles. The molecule has 0 aliphatic heterocycles. The lowest BCUT2D eigenvalue weighted by atomic mass is 10.1. The third-order valence-electron chi connectivity index (χ3n) is 2.77. The number of halogens is 2. The van der Waals surface area contributed by atoms with Crippen molar-refractivity contribution in [3.8, 4) is 0 Å². The van der Waals surface area contributed by atoms with Crippen molar-refractivity contribution in [3.63, 3.8) is 0 Å². The van der Waals surface area contributed by atoms with Gasteiger partial charge in [-0.2, -0.15) is 0 Å². The first-order valence-corrected chi connectivity index (χ1v) is 7.02. The Hall–Kier alpha value is -0.550. The average molecular weight is 362 g/mol. The highest BCUT2D eigenvalue weighted by atomic mass is 127. The Labute approximate surface area is 120 Å². The SMILES string of the molecule is O=C(CC1C=CCC1)Nc1ccc(I)cc1Cl. The molecule has 90 valence electrons. The van der Waals surface area contributed by atoms with Crippen molar-refractivity contribution >= 4 is 45.8 Å². The van der Waals surface area contributed by atoms with Gasteiger partial charge in [-0.3, -0.25) is 4.79 Å². The second-order valence-corrected chi connectivity index (χ2v) is 5.79. The Bertz CT molecular complexity index is 459. The van der Waals surface area contributed by atoms with Crippen molar-refractivity contribution in [2.24, 2.45) is 5.92 Å². The molecule has 1 atom stereocenters. The topological polar surface area (TPSA) is 29.1 Å². The van der Waals surface area contributed by atoms with Gasteiger partial charge in [-0.25, -0.2) is 0 Å². The first kappa shape index (κ1) is 12.9. The molecule has 1 aliphatic rings. The molecule has 0 radical (unpaired) electrons. The van der Waals surface area contributed by atoms with Gasteiger partial charge in [0.2, 0.25) is 5.91 Å². The molecule has 1 aromatic carbocycles. The van der Waals surface area contributed by atoms with Crippen LogP contribution in [-0.4, -0.2) is 5.91 Å². The Morgan fingerprint density at radius 3 is 3.00 bits per heavy atom. The molecule has 4 heteroatoms. The summed E-state index contributed by atoms with van der Waals surface area (Å²) in [5.74, 6) is 0.419. The minimum atomic E-state index is 0.0321. The van der Waals surface area contributed by atoms with Crippen LogP contribution in [-0.2, 0) is 4.79 Å². The fraction of sp³-hybridized carbons (Fsp3) is 0.308. The number of rotatable bonds is 3. The summed E-state index contributed by atoms with van der Waals surface area (Å²) in [7, 11) is 0. The van der Waals surface area contributed by atoms with Gasteiger partial charge in [0.1, 0.15) is 0 Å². The number of nitrogens with one attached hydrogen (secondary N) is 1. The average Bonchev–Trinajstić information content (AvgIpc) is 2.75. The molecular formula is C13H13ClINO. The van der Waals surface area contributed by atoms with Gasteiger partial charge in [-0.05, 0) is 59.5 Å². The molecule has 0 heterocycles. The van der Waals surface area contributed by atoms with E-state index >= 15 is 0 Å². The van der Waals surface area contributed by atoms with Crippen LogP contribution in [0.3, 0.4) is 0 Å². The maximum atomic E-state index is 11.8. The van der Waals surface area contributed by atoms with Crippen LogP contribution in [0.5, 0.6) is 0 Å². The molecule has 0 saturated heterocycles. The van der Waals surface area contributed by atoms with Gasteiger partial charge in [-0.1, -0.05) is 23.8 Å². The van der Waals surface area contributed by atoms with Crippen LogP contribution in [0.2, 0.25) is 5.02 Å². The first-order chi connectivity index (χ1) is 8.15. The highest BCUT2D eigenvalue weighted by molar-refractivity contribution is 14.1. The Morgan fingerprint density at radius 1 is 1.53 bits per heavy atom. The highest BCUT2D eigenvalue weighted by Gasteiger charge is 2.14. The minimum Gasteiger partial charge on any atom is -0.325 e. The lowest BCUT2D eigenvalue weighted by Crippen LogP contribution is -2.15. The normalized spacial score (nSPS) is 18.4. The zero-order valence-corrected chi connectivity index (χ0v) is 12.2. The summed E-state index contributed by atoms with van der Waals surface area (Å²) in [6, 6.07) is 5.61. The van der Waals surface area contributed by atoms with Gasteiger partial charge >= 0.3 is 0 Å². The van der Waals surface area contributed by atoms with Gasteiger partial charge in [0.05, 0.1) is 10.7 Å². The molecule has 2 nitrogen and oxygen atoms in total. The fourth-order valence-corrected chi connectivity index (χ4v) is 2.80. The van der Waals surface area contributed by atoms with Crippen molar-refractivity contribution in [3.05, 3.63) is 38.9 Å². The quantitative estimate of drug-likeness (QED) is 0.633. The third kappa shape index (κ3) is 3.71.